The van der Waals surface area contributed by atoms with Crippen LogP contribution in [0.15, 0.2) is 30.0 Å². The van der Waals surface area contributed by atoms with Crippen molar-refractivity contribution in [3.8, 4) is 0 Å². The number of hydrogen-bond acceptors (Lipinski definition) is 5. The summed E-state index contributed by atoms with van der Waals surface area (Å²) in [7, 11) is 1.96. The molecule has 1 aromatic rings. The van der Waals surface area contributed by atoms with Gasteiger partial charge in [-0.3, -0.25) is 14.8 Å². The number of hydrogen-bond donors (Lipinski definition) is 2. The summed E-state index contributed by atoms with van der Waals surface area (Å²) >= 11 is 12.0. The maximum Gasteiger partial charge on any atom is 0.243 e. The monoisotopic (exact) mass is 483 g/mol. The van der Waals surface area contributed by atoms with E-state index in [1.54, 1.807) is 5.48 Å². The number of rotatable bonds is 13. The lowest BCUT2D eigenvalue weighted by atomic mass is 9.96. The zero-order valence-electron chi connectivity index (χ0n) is 19.1. The van der Waals surface area contributed by atoms with Crippen LogP contribution in [0, 0.1) is 0 Å². The molecule has 0 radical (unpaired) electrons. The predicted octanol–water partition coefficient (Wildman–Crippen LogP) is 5.21. The third-order valence-corrected chi connectivity index (χ3v) is 6.31. The summed E-state index contributed by atoms with van der Waals surface area (Å²) < 4.78 is 0. The Bertz CT molecular complexity index is 795. The molecule has 0 spiro atoms. The molecule has 1 aromatic carbocycles. The topological polar surface area (TPSA) is 72.9 Å². The number of carbonyl (C=O) groups excluding carboxylic acids is 2. The van der Waals surface area contributed by atoms with Gasteiger partial charge in [0.25, 0.3) is 0 Å². The van der Waals surface area contributed by atoms with Gasteiger partial charge in [0.1, 0.15) is 0 Å². The third-order valence-electron chi connectivity index (χ3n) is 5.97. The molecular formula is C24H35Cl2N3O3. The van der Waals surface area contributed by atoms with E-state index in [1.165, 1.54) is 5.56 Å². The van der Waals surface area contributed by atoms with Gasteiger partial charge < -0.3 is 9.80 Å². The van der Waals surface area contributed by atoms with E-state index in [4.69, 9.17) is 28.4 Å². The van der Waals surface area contributed by atoms with Crippen LogP contribution < -0.4 is 15.3 Å². The van der Waals surface area contributed by atoms with E-state index >= 15 is 0 Å². The molecule has 1 unspecified atom stereocenters. The second-order valence-electron chi connectivity index (χ2n) is 8.27. The van der Waals surface area contributed by atoms with Gasteiger partial charge in [-0.05, 0) is 48.9 Å². The molecule has 1 aliphatic heterocycles. The van der Waals surface area contributed by atoms with Crippen LogP contribution in [0.4, 0.5) is 11.4 Å². The van der Waals surface area contributed by atoms with Gasteiger partial charge in [0.15, 0.2) is 5.78 Å². The van der Waals surface area contributed by atoms with Gasteiger partial charge in [0.2, 0.25) is 5.91 Å². The van der Waals surface area contributed by atoms with E-state index in [-0.39, 0.29) is 11.7 Å². The summed E-state index contributed by atoms with van der Waals surface area (Å²) in [6.45, 7) is 3.67. The fraction of sp³-hybridized carbons (Fsp3) is 0.583. The van der Waals surface area contributed by atoms with Gasteiger partial charge in [0.05, 0.1) is 5.70 Å². The van der Waals surface area contributed by atoms with Gasteiger partial charge in [0, 0.05) is 56.1 Å². The molecule has 178 valence electrons. The molecule has 2 rings (SSSR count). The Kier molecular flexibility index (Phi) is 11.4. The zero-order chi connectivity index (χ0) is 23.5. The highest BCUT2D eigenvalue weighted by molar-refractivity contribution is 6.18. The normalized spacial score (nSPS) is 15.6. The zero-order valence-corrected chi connectivity index (χ0v) is 20.6. The van der Waals surface area contributed by atoms with Crippen molar-refractivity contribution in [2.24, 2.45) is 0 Å². The average molecular weight is 484 g/mol. The lowest BCUT2D eigenvalue weighted by Crippen LogP contribution is -2.28. The molecule has 0 aromatic heterocycles. The van der Waals surface area contributed by atoms with Gasteiger partial charge in [-0.2, -0.15) is 0 Å². The number of alkyl halides is 2. The number of carbonyl (C=O) groups is 2. The maximum atomic E-state index is 13.0. The van der Waals surface area contributed by atoms with Gasteiger partial charge in [-0.25, -0.2) is 5.48 Å². The van der Waals surface area contributed by atoms with Crippen molar-refractivity contribution in [1.82, 2.24) is 5.48 Å². The number of hydroxylamine groups is 1. The first-order valence-electron chi connectivity index (χ1n) is 11.3. The Labute approximate surface area is 201 Å². The number of nitrogens with zero attached hydrogens (tertiary/aromatic N) is 2. The van der Waals surface area contributed by atoms with Crippen LogP contribution in [-0.2, 0) is 9.59 Å². The lowest BCUT2D eigenvalue weighted by Gasteiger charge is -2.28. The second-order valence-corrected chi connectivity index (χ2v) is 9.02. The third kappa shape index (κ3) is 7.39. The smallest absolute Gasteiger partial charge is 0.243 e. The molecule has 32 heavy (non-hydrogen) atoms. The van der Waals surface area contributed by atoms with Crippen LogP contribution in [-0.4, -0.2) is 48.8 Å². The molecule has 6 nitrogen and oxygen atoms in total. The summed E-state index contributed by atoms with van der Waals surface area (Å²) in [4.78, 5) is 28.2. The quantitative estimate of drug-likeness (QED) is 0.174. The SMILES string of the molecule is CC1CC=C(C(=O)CCCCCCC(=O)NO)N(C)c2ccc(N(CCCl)CCCl)cc21. The lowest BCUT2D eigenvalue weighted by molar-refractivity contribution is -0.129. The van der Waals surface area contributed by atoms with Crippen molar-refractivity contribution in [3.05, 3.63) is 35.5 Å². The Morgan fingerprint density at radius 3 is 2.41 bits per heavy atom. The van der Waals surface area contributed by atoms with E-state index in [1.807, 2.05) is 11.9 Å². The highest BCUT2D eigenvalue weighted by atomic mass is 35.5. The predicted molar refractivity (Wildman–Crippen MR) is 132 cm³/mol. The number of fused-ring (bicyclic) bond motifs is 1. The maximum absolute atomic E-state index is 13.0. The number of allylic oxidation sites excluding steroid dienone is 2. The summed E-state index contributed by atoms with van der Waals surface area (Å²) in [5.41, 5.74) is 5.78. The summed E-state index contributed by atoms with van der Waals surface area (Å²) in [5.74, 6) is 1.16. The number of anilines is 2. The van der Waals surface area contributed by atoms with Crippen LogP contribution >= 0.6 is 23.2 Å². The molecule has 0 aliphatic carbocycles. The van der Waals surface area contributed by atoms with E-state index in [0.29, 0.717) is 36.9 Å². The van der Waals surface area contributed by atoms with Crippen molar-refractivity contribution in [1.29, 1.82) is 0 Å². The minimum absolute atomic E-state index is 0.149. The highest BCUT2D eigenvalue weighted by Crippen LogP contribution is 2.37. The standard InChI is InChI=1S/C24H35Cl2N3O3/c1-18-9-11-22(23(30)7-5-3-4-6-8-24(31)27-32)28(2)21-12-10-19(17-20(18)21)29(15-13-25)16-14-26/h10-12,17-18,32H,3-9,13-16H2,1-2H3,(H,27,31). The van der Waals surface area contributed by atoms with Crippen molar-refractivity contribution >= 4 is 46.3 Å². The Balaban J connectivity index is 2.03. The first-order valence-corrected chi connectivity index (χ1v) is 12.4. The van der Waals surface area contributed by atoms with Gasteiger partial charge >= 0.3 is 0 Å². The highest BCUT2D eigenvalue weighted by Gasteiger charge is 2.24. The van der Waals surface area contributed by atoms with Crippen molar-refractivity contribution in [2.75, 3.05) is 41.7 Å². The van der Waals surface area contributed by atoms with Crippen molar-refractivity contribution < 1.29 is 14.8 Å². The van der Waals surface area contributed by atoms with Gasteiger partial charge in [-0.1, -0.05) is 25.8 Å². The number of nitrogens with one attached hydrogen (secondary N) is 1. The molecule has 0 bridgehead atoms. The van der Waals surface area contributed by atoms with Crippen LogP contribution in [0.5, 0.6) is 0 Å². The molecule has 1 aliphatic rings. The fourth-order valence-electron chi connectivity index (χ4n) is 4.10. The molecule has 0 saturated carbocycles. The number of likely N-dealkylation sites (N-methyl/N-ethyl adjacent to an activating group) is 1. The number of ketones is 1. The fourth-order valence-corrected chi connectivity index (χ4v) is 4.51. The Hall–Kier alpha value is -1.76. The molecule has 1 heterocycles. The average Bonchev–Trinajstić information content (AvgIpc) is 2.91. The Morgan fingerprint density at radius 1 is 1.12 bits per heavy atom. The largest absolute Gasteiger partial charge is 0.369 e. The number of Topliss-reactive ketones (excluding diaryl/α,β-unsaturated/α-hetero) is 1. The number of benzene rings is 1. The van der Waals surface area contributed by atoms with E-state index < -0.39 is 0 Å². The number of unbranched alkanes of at least 4 members (excludes halogenated alkanes) is 3. The molecule has 8 heteroatoms. The molecule has 1 amide bonds. The summed E-state index contributed by atoms with van der Waals surface area (Å²) in [6, 6.07) is 6.38. The van der Waals surface area contributed by atoms with Crippen LogP contribution in [0.25, 0.3) is 0 Å². The first kappa shape index (κ1) is 26.5. The molecular weight excluding hydrogens is 449 g/mol. The van der Waals surface area contributed by atoms with E-state index in [0.717, 1.165) is 55.8 Å². The van der Waals surface area contributed by atoms with Crippen LogP contribution in [0.2, 0.25) is 0 Å². The first-order chi connectivity index (χ1) is 15.4. The van der Waals surface area contributed by atoms with E-state index in [2.05, 4.69) is 36.1 Å². The molecule has 0 saturated heterocycles. The summed E-state index contributed by atoms with van der Waals surface area (Å²) in [6.07, 6.45) is 6.91. The second kappa shape index (κ2) is 13.7. The van der Waals surface area contributed by atoms with Crippen molar-refractivity contribution in [2.45, 2.75) is 57.8 Å². The minimum Gasteiger partial charge on any atom is -0.369 e. The van der Waals surface area contributed by atoms with Crippen LogP contribution in [0.3, 0.4) is 0 Å². The summed E-state index contributed by atoms with van der Waals surface area (Å²) in [5, 5.41) is 8.51. The molecule has 0 fully saturated rings. The van der Waals surface area contributed by atoms with Gasteiger partial charge in [-0.15, -0.1) is 23.2 Å². The van der Waals surface area contributed by atoms with Crippen molar-refractivity contribution in [3.63, 3.8) is 0 Å². The van der Waals surface area contributed by atoms with Crippen LogP contribution in [0.1, 0.15) is 63.4 Å². The molecule has 2 N–H and O–H groups in total. The van der Waals surface area contributed by atoms with E-state index in [9.17, 15) is 9.59 Å². The number of amides is 1. The number of halogens is 2. The Morgan fingerprint density at radius 2 is 1.78 bits per heavy atom. The molecule has 1 atom stereocenters. The minimum atomic E-state index is -0.365.